The van der Waals surface area contributed by atoms with Gasteiger partial charge >= 0.3 is 39.5 Å². The summed E-state index contributed by atoms with van der Waals surface area (Å²) in [5.74, 6) is -2.27. The maximum Gasteiger partial charge on any atom is 0.472 e. The Kier molecular flexibility index (Phi) is 68.0. The SMILES string of the molecule is CC/C=C\C/C=C\C/C=C\C/C=C\CCCCC(=O)OCC(COP(=O)(O)OCC(O)COP(=O)(O)OCC(COC(=O)CCCCCCCCCCCCCCCCC)OC(=O)CCCCCCC/C=C\CCCCCC)OC(=O)CCCC/C=C\C/C=C\C/C=C\C/C=C\CC. The van der Waals surface area contributed by atoms with E-state index in [1.54, 1.807) is 0 Å². The van der Waals surface area contributed by atoms with Crippen molar-refractivity contribution in [1.82, 2.24) is 0 Å². The molecule has 17 nitrogen and oxygen atoms in total. The molecule has 0 aliphatic heterocycles. The van der Waals surface area contributed by atoms with Gasteiger partial charge in [0.2, 0.25) is 0 Å². The zero-order valence-corrected chi connectivity index (χ0v) is 63.2. The van der Waals surface area contributed by atoms with Crippen LogP contribution in [0.2, 0.25) is 0 Å². The van der Waals surface area contributed by atoms with Crippen molar-refractivity contribution in [2.75, 3.05) is 39.6 Å². The molecule has 0 aliphatic rings. The van der Waals surface area contributed by atoms with Gasteiger partial charge in [0.1, 0.15) is 19.3 Å². The van der Waals surface area contributed by atoms with Crippen molar-refractivity contribution in [3.8, 4) is 0 Å². The molecule has 98 heavy (non-hydrogen) atoms. The third kappa shape index (κ3) is 70.2. The highest BCUT2D eigenvalue weighted by Gasteiger charge is 2.30. The van der Waals surface area contributed by atoms with Crippen molar-refractivity contribution < 1.29 is 80.2 Å². The minimum absolute atomic E-state index is 0.0319. The van der Waals surface area contributed by atoms with Crippen molar-refractivity contribution >= 4 is 39.5 Å². The van der Waals surface area contributed by atoms with Crippen molar-refractivity contribution in [2.24, 2.45) is 0 Å². The van der Waals surface area contributed by atoms with Gasteiger partial charge in [-0.25, -0.2) is 9.13 Å². The lowest BCUT2D eigenvalue weighted by Gasteiger charge is -2.21. The highest BCUT2D eigenvalue weighted by molar-refractivity contribution is 7.47. The van der Waals surface area contributed by atoms with Crippen molar-refractivity contribution in [3.63, 3.8) is 0 Å². The molecule has 0 saturated heterocycles. The van der Waals surface area contributed by atoms with Gasteiger partial charge in [0.25, 0.3) is 0 Å². The molecule has 0 aliphatic carbocycles. The highest BCUT2D eigenvalue weighted by Crippen LogP contribution is 2.45. The first-order valence-corrected chi connectivity index (χ1v) is 41.1. The number of phosphoric ester groups is 2. The van der Waals surface area contributed by atoms with Crippen LogP contribution in [0.4, 0.5) is 0 Å². The number of aliphatic hydroxyl groups excluding tert-OH is 1. The van der Waals surface area contributed by atoms with Gasteiger partial charge in [-0.3, -0.25) is 37.3 Å². The Morgan fingerprint density at radius 1 is 0.296 bits per heavy atom. The molecule has 0 heterocycles. The normalized spacial score (nSPS) is 14.6. The Labute approximate surface area is 594 Å². The van der Waals surface area contributed by atoms with E-state index >= 15 is 0 Å². The van der Waals surface area contributed by atoms with Gasteiger partial charge in [-0.1, -0.05) is 265 Å². The molecule has 0 spiro atoms. The predicted octanol–water partition coefficient (Wildman–Crippen LogP) is 21.8. The summed E-state index contributed by atoms with van der Waals surface area (Å²) in [5.41, 5.74) is 0. The molecule has 5 unspecified atom stereocenters. The molecule has 0 aromatic rings. The van der Waals surface area contributed by atoms with E-state index in [1.165, 1.54) is 96.3 Å². The smallest absolute Gasteiger partial charge is 0.462 e. The van der Waals surface area contributed by atoms with E-state index in [4.69, 9.17) is 37.0 Å². The van der Waals surface area contributed by atoms with Gasteiger partial charge in [-0.05, 0) is 128 Å². The maximum absolute atomic E-state index is 13.1. The maximum atomic E-state index is 13.1. The van der Waals surface area contributed by atoms with Crippen LogP contribution in [0.5, 0.6) is 0 Å². The first kappa shape index (κ1) is 93.7. The lowest BCUT2D eigenvalue weighted by molar-refractivity contribution is -0.161. The fraction of sp³-hybridized carbons (Fsp3) is 0.722. The average molecular weight is 1420 g/mol. The Bertz CT molecular complexity index is 2290. The van der Waals surface area contributed by atoms with Gasteiger partial charge in [-0.15, -0.1) is 0 Å². The molecule has 5 atom stereocenters. The van der Waals surface area contributed by atoms with E-state index in [9.17, 15) is 43.2 Å². The number of carbonyl (C=O) groups excluding carboxylic acids is 4. The summed E-state index contributed by atoms with van der Waals surface area (Å²) >= 11 is 0. The Morgan fingerprint density at radius 2 is 0.531 bits per heavy atom. The van der Waals surface area contributed by atoms with Crippen LogP contribution < -0.4 is 0 Å². The van der Waals surface area contributed by atoms with Crippen molar-refractivity contribution in [3.05, 3.63) is 109 Å². The second kappa shape index (κ2) is 71.1. The van der Waals surface area contributed by atoms with Crippen LogP contribution in [0.1, 0.15) is 310 Å². The van der Waals surface area contributed by atoms with Crippen molar-refractivity contribution in [2.45, 2.75) is 329 Å². The number of aliphatic hydroxyl groups is 1. The zero-order valence-electron chi connectivity index (χ0n) is 61.4. The molecule has 19 heteroatoms. The van der Waals surface area contributed by atoms with Gasteiger partial charge < -0.3 is 33.8 Å². The highest BCUT2D eigenvalue weighted by atomic mass is 31.2. The molecule has 0 rings (SSSR count). The van der Waals surface area contributed by atoms with Crippen LogP contribution in [0.15, 0.2) is 109 Å². The number of hydrogen-bond donors (Lipinski definition) is 3. The average Bonchev–Trinajstić information content (AvgIpc) is 1.04. The molecule has 0 saturated carbocycles. The number of rotatable bonds is 71. The third-order valence-corrected chi connectivity index (χ3v) is 17.6. The number of ether oxygens (including phenoxy) is 4. The number of hydrogen-bond acceptors (Lipinski definition) is 15. The number of esters is 4. The minimum Gasteiger partial charge on any atom is -0.462 e. The lowest BCUT2D eigenvalue weighted by atomic mass is 10.0. The number of unbranched alkanes of at least 4 members (excludes halogenated alkanes) is 27. The van der Waals surface area contributed by atoms with E-state index in [-0.39, 0.29) is 25.7 Å². The first-order chi connectivity index (χ1) is 47.7. The van der Waals surface area contributed by atoms with E-state index in [1.807, 2.05) is 0 Å². The standard InChI is InChI=1S/C79H136O17P2/c1-5-9-13-17-21-25-29-33-36-40-43-47-51-55-59-63-76(81)89-69-74(95-78(83)65-61-57-53-49-45-39-32-28-24-20-16-12-8-4)71-93-97(85,86)91-67-73(80)68-92-98(87,88)94-72-75(96-79(84)66-62-58-54-50-46-42-38-35-31-27-23-19-15-11-7-3)70-90-77(82)64-60-56-52-48-44-41-37-34-30-26-22-18-14-10-6-2/h10-11,14-15,22-23,26-28,32,34-35,37-38,44,46,48,50,73-75,80H,5-9,12-13,16-21,24-25,29-31,33,36,39-43,45,47,49,51-72H2,1-4H3,(H,85,86)(H,87,88)/b14-10-,15-11-,26-22-,27-23-,32-28-,37-34-,38-35-,48-44-,50-46-. The Morgan fingerprint density at radius 3 is 0.857 bits per heavy atom. The van der Waals surface area contributed by atoms with Crippen LogP contribution in [0.25, 0.3) is 0 Å². The summed E-state index contributed by atoms with van der Waals surface area (Å²) in [6.45, 7) is 4.54. The Balaban J connectivity index is 5.41. The van der Waals surface area contributed by atoms with Crippen LogP contribution in [0.3, 0.4) is 0 Å². The Hall–Kier alpha value is -4.28. The summed E-state index contributed by atoms with van der Waals surface area (Å²) in [6.07, 6.45) is 75.2. The van der Waals surface area contributed by atoms with Gasteiger partial charge in [0.15, 0.2) is 12.2 Å². The molecule has 3 N–H and O–H groups in total. The molecule has 0 radical (unpaired) electrons. The number of allylic oxidation sites excluding steroid dienone is 18. The summed E-state index contributed by atoms with van der Waals surface area (Å²) in [4.78, 5) is 72.8. The molecular weight excluding hydrogens is 1280 g/mol. The zero-order chi connectivity index (χ0) is 71.8. The second-order valence-electron chi connectivity index (χ2n) is 25.2. The largest absolute Gasteiger partial charge is 0.472 e. The molecule has 0 bridgehead atoms. The van der Waals surface area contributed by atoms with Crippen LogP contribution in [0, 0.1) is 0 Å². The molecular formula is C79H136O17P2. The van der Waals surface area contributed by atoms with E-state index < -0.39 is 97.5 Å². The first-order valence-electron chi connectivity index (χ1n) is 38.1. The summed E-state index contributed by atoms with van der Waals surface area (Å²) in [6, 6.07) is 0. The quantitative estimate of drug-likeness (QED) is 0.0169. The lowest BCUT2D eigenvalue weighted by Crippen LogP contribution is -2.30. The minimum atomic E-state index is -4.99. The van der Waals surface area contributed by atoms with Gasteiger partial charge in [0, 0.05) is 25.7 Å². The molecule has 564 valence electrons. The fourth-order valence-corrected chi connectivity index (χ4v) is 11.5. The summed E-state index contributed by atoms with van der Waals surface area (Å²) in [5, 5.41) is 10.6. The van der Waals surface area contributed by atoms with E-state index in [0.29, 0.717) is 32.1 Å². The second-order valence-corrected chi connectivity index (χ2v) is 28.1. The van der Waals surface area contributed by atoms with E-state index in [0.717, 1.165) is 128 Å². The van der Waals surface area contributed by atoms with Gasteiger partial charge in [0.05, 0.1) is 26.4 Å². The van der Waals surface area contributed by atoms with Crippen LogP contribution in [-0.4, -0.2) is 96.7 Å². The monoisotopic (exact) mass is 1420 g/mol. The molecule has 0 fully saturated rings. The third-order valence-electron chi connectivity index (χ3n) is 15.7. The van der Waals surface area contributed by atoms with E-state index in [2.05, 4.69) is 137 Å². The van der Waals surface area contributed by atoms with Gasteiger partial charge in [-0.2, -0.15) is 0 Å². The fourth-order valence-electron chi connectivity index (χ4n) is 9.96. The summed E-state index contributed by atoms with van der Waals surface area (Å²) < 4.78 is 68.4. The summed E-state index contributed by atoms with van der Waals surface area (Å²) in [7, 11) is -9.97. The predicted molar refractivity (Wildman–Crippen MR) is 399 cm³/mol. The molecule has 0 aromatic carbocycles. The molecule has 0 aromatic heterocycles. The number of phosphoric acid groups is 2. The molecule has 0 amide bonds. The van der Waals surface area contributed by atoms with Crippen LogP contribution in [-0.2, 0) is 65.4 Å². The number of carbonyl (C=O) groups is 4. The van der Waals surface area contributed by atoms with Crippen LogP contribution >= 0.6 is 15.6 Å². The van der Waals surface area contributed by atoms with Crippen molar-refractivity contribution in [1.29, 1.82) is 0 Å². The topological polar surface area (TPSA) is 237 Å².